The van der Waals surface area contributed by atoms with Gasteiger partial charge in [-0.15, -0.1) is 0 Å². The van der Waals surface area contributed by atoms with Crippen molar-refractivity contribution in [3.8, 4) is 0 Å². The molecule has 0 radical (unpaired) electrons. The summed E-state index contributed by atoms with van der Waals surface area (Å²) in [5.74, 6) is 0. The van der Waals surface area contributed by atoms with Gasteiger partial charge in [0, 0.05) is 0 Å². The van der Waals surface area contributed by atoms with Gasteiger partial charge in [0.05, 0.1) is 11.5 Å². The van der Waals surface area contributed by atoms with Crippen LogP contribution in [-0.4, -0.2) is 90.5 Å². The average molecular weight is 411 g/mol. The second-order valence-electron chi connectivity index (χ2n) is 5.77. The van der Waals surface area contributed by atoms with E-state index in [0.29, 0.717) is 0 Å². The zero-order chi connectivity index (χ0) is 16.1. The summed E-state index contributed by atoms with van der Waals surface area (Å²) in [6.45, 7) is 2.52. The molecule has 0 bridgehead atoms. The summed E-state index contributed by atoms with van der Waals surface area (Å²) in [6, 6.07) is 8.33. The quantitative estimate of drug-likeness (QED) is 0.261. The van der Waals surface area contributed by atoms with E-state index < -0.39 is 10.1 Å². The second kappa shape index (κ2) is 18.0. The molecule has 0 unspecified atom stereocenters. The second-order valence-corrected chi connectivity index (χ2v) is 7.39. The predicted molar refractivity (Wildman–Crippen MR) is 107 cm³/mol. The minimum absolute atomic E-state index is 0. The Morgan fingerprint density at radius 2 is 1.25 bits per heavy atom. The molecule has 0 aliphatic heterocycles. The van der Waals surface area contributed by atoms with E-state index in [2.05, 4.69) is 6.92 Å². The first-order valence-electron chi connectivity index (χ1n) is 8.61. The Kier molecular flexibility index (Phi) is 20.9. The summed E-state index contributed by atoms with van der Waals surface area (Å²) in [5.41, 5.74) is 0. The molecular weight excluding hydrogens is 376 g/mol. The monoisotopic (exact) mass is 410 g/mol. The molecule has 1 aromatic rings. The topological polar surface area (TPSA) is 43.4 Å². The van der Waals surface area contributed by atoms with E-state index in [0.717, 1.165) is 12.8 Å². The van der Waals surface area contributed by atoms with Crippen LogP contribution in [0.25, 0.3) is 0 Å². The molecule has 3 nitrogen and oxygen atoms in total. The maximum atomic E-state index is 11.9. The van der Waals surface area contributed by atoms with Crippen molar-refractivity contribution in [2.75, 3.05) is 6.61 Å². The first-order valence-corrected chi connectivity index (χ1v) is 10.0. The Bertz CT molecular complexity index is 495. The summed E-state index contributed by atoms with van der Waals surface area (Å²) < 4.78 is 28.8. The van der Waals surface area contributed by atoms with Crippen molar-refractivity contribution in [1.82, 2.24) is 0 Å². The molecule has 134 valence electrons. The van der Waals surface area contributed by atoms with Crippen molar-refractivity contribution in [3.63, 3.8) is 0 Å². The molecule has 0 spiro atoms. The molecule has 24 heavy (non-hydrogen) atoms. The number of unbranched alkanes of at least 4 members (excludes halogenated alkanes) is 9. The third kappa shape index (κ3) is 13.8. The van der Waals surface area contributed by atoms with Crippen LogP contribution in [0, 0.1) is 0 Å². The van der Waals surface area contributed by atoms with Crippen LogP contribution in [0.5, 0.6) is 0 Å². The molecule has 0 amide bonds. The molecular formula is C18H34Ca2O3S. The Morgan fingerprint density at radius 3 is 1.75 bits per heavy atom. The van der Waals surface area contributed by atoms with Gasteiger partial charge in [-0.25, -0.2) is 0 Å². The fourth-order valence-corrected chi connectivity index (χ4v) is 3.38. The molecule has 0 saturated carbocycles. The van der Waals surface area contributed by atoms with Crippen LogP contribution in [0.15, 0.2) is 35.2 Å². The molecule has 1 rings (SSSR count). The number of hydrogen-bond donors (Lipinski definition) is 0. The van der Waals surface area contributed by atoms with Crippen LogP contribution in [0.1, 0.15) is 76.8 Å². The Labute approximate surface area is 214 Å². The summed E-state index contributed by atoms with van der Waals surface area (Å²) in [5, 5.41) is 0. The van der Waals surface area contributed by atoms with E-state index in [1.165, 1.54) is 51.4 Å². The maximum absolute atomic E-state index is 11.9. The van der Waals surface area contributed by atoms with Crippen LogP contribution in [0.4, 0.5) is 0 Å². The summed E-state index contributed by atoms with van der Waals surface area (Å²) >= 11 is 0. The van der Waals surface area contributed by atoms with Gasteiger partial charge < -0.3 is 5.71 Å². The van der Waals surface area contributed by atoms with Gasteiger partial charge in [-0.05, 0) is 18.6 Å². The fraction of sp³-hybridized carbons (Fsp3) is 0.667. The number of benzene rings is 1. The summed E-state index contributed by atoms with van der Waals surface area (Å²) in [6.07, 6.45) is 12.3. The van der Waals surface area contributed by atoms with Crippen LogP contribution in [0.2, 0.25) is 0 Å². The third-order valence-corrected chi connectivity index (χ3v) is 5.09. The van der Waals surface area contributed by atoms with Crippen molar-refractivity contribution in [1.29, 1.82) is 0 Å². The van der Waals surface area contributed by atoms with Crippen LogP contribution >= 0.6 is 0 Å². The molecule has 0 heterocycles. The molecule has 1 aromatic carbocycles. The molecule has 0 saturated heterocycles. The standard InChI is InChI=1S/C18H30O3S.2Ca.4H/c1-2-3-4-5-6-7-8-9-10-14-17-21-22(19,20)18-15-12-11-13-16-18;;;;;;/h11-13,15-16H,2-10,14,17H2,1H3;;;;;;/q;2*+2;4*-1. The summed E-state index contributed by atoms with van der Waals surface area (Å²) in [4.78, 5) is 0.238. The van der Waals surface area contributed by atoms with Gasteiger partial charge in [-0.3, -0.25) is 4.18 Å². The average Bonchev–Trinajstić information content (AvgIpc) is 2.53. The van der Waals surface area contributed by atoms with Crippen LogP contribution < -0.4 is 0 Å². The molecule has 0 aromatic heterocycles. The van der Waals surface area contributed by atoms with Gasteiger partial charge in [0.1, 0.15) is 0 Å². The third-order valence-electron chi connectivity index (χ3n) is 3.77. The van der Waals surface area contributed by atoms with E-state index >= 15 is 0 Å². The Balaban J connectivity index is -0.000000202. The van der Waals surface area contributed by atoms with Gasteiger partial charge in [0.15, 0.2) is 0 Å². The minimum atomic E-state index is -3.57. The first kappa shape index (κ1) is 27.9. The Hall–Kier alpha value is 1.65. The van der Waals surface area contributed by atoms with Gasteiger partial charge in [-0.2, -0.15) is 8.42 Å². The smallest absolute Gasteiger partial charge is 1.00 e. The molecule has 6 heteroatoms. The normalized spacial score (nSPS) is 10.7. The van der Waals surface area contributed by atoms with E-state index in [1.807, 2.05) is 0 Å². The van der Waals surface area contributed by atoms with Crippen molar-refractivity contribution in [2.45, 2.75) is 76.0 Å². The SMILES string of the molecule is CCCCCCCCCCCCOS(=O)(=O)c1ccccc1.[Ca+2].[Ca+2].[H-].[H-].[H-].[H-]. The largest absolute Gasteiger partial charge is 2.00 e. The number of hydrogen-bond acceptors (Lipinski definition) is 3. The molecule has 0 atom stereocenters. The van der Waals surface area contributed by atoms with Crippen molar-refractivity contribution in [2.24, 2.45) is 0 Å². The van der Waals surface area contributed by atoms with Crippen molar-refractivity contribution in [3.05, 3.63) is 30.3 Å². The van der Waals surface area contributed by atoms with Gasteiger partial charge in [0.25, 0.3) is 10.1 Å². The minimum Gasteiger partial charge on any atom is -1.00 e. The van der Waals surface area contributed by atoms with Crippen molar-refractivity contribution >= 4 is 85.6 Å². The fourth-order valence-electron chi connectivity index (χ4n) is 2.41. The van der Waals surface area contributed by atoms with E-state index in [4.69, 9.17) is 4.18 Å². The van der Waals surface area contributed by atoms with Crippen LogP contribution in [-0.2, 0) is 14.3 Å². The van der Waals surface area contributed by atoms with Crippen molar-refractivity contribution < 1.29 is 18.3 Å². The zero-order valence-corrected chi connectivity index (χ0v) is 20.4. The predicted octanol–water partition coefficient (Wildman–Crippen LogP) is 5.00. The van der Waals surface area contributed by atoms with E-state index in [9.17, 15) is 8.42 Å². The zero-order valence-electron chi connectivity index (χ0n) is 19.2. The molecule has 0 aliphatic rings. The van der Waals surface area contributed by atoms with Gasteiger partial charge in [-0.1, -0.05) is 82.9 Å². The maximum Gasteiger partial charge on any atom is 2.00 e. The van der Waals surface area contributed by atoms with E-state index in [-0.39, 0.29) is 92.7 Å². The van der Waals surface area contributed by atoms with Gasteiger partial charge in [0.2, 0.25) is 0 Å². The number of rotatable bonds is 13. The molecule has 0 aliphatic carbocycles. The Morgan fingerprint density at radius 1 is 0.792 bits per heavy atom. The van der Waals surface area contributed by atoms with Crippen LogP contribution in [0.3, 0.4) is 0 Å². The molecule has 0 N–H and O–H groups in total. The molecule has 0 fully saturated rings. The summed E-state index contributed by atoms with van der Waals surface area (Å²) in [7, 11) is -3.57. The van der Waals surface area contributed by atoms with Gasteiger partial charge >= 0.3 is 75.5 Å². The van der Waals surface area contributed by atoms with E-state index in [1.54, 1.807) is 30.3 Å². The first-order chi connectivity index (χ1) is 10.7.